The number of nitrogens with zero attached hydrogens (tertiary/aromatic N) is 10. The monoisotopic (exact) mass is 651 g/mol. The van der Waals surface area contributed by atoms with Crippen LogP contribution in [-0.2, 0) is 16.1 Å². The molecule has 1 fully saturated rings. The van der Waals surface area contributed by atoms with Gasteiger partial charge in [-0.3, -0.25) is 4.79 Å². The standard InChI is InChI=1S/C33H31F2N11O2/c1-18-40-26-6-4-5-22-25-9-10-36-33(42-25)41-20-12-28(32(47)43(2)15-21(48-3)16-44(18)29(22)26)45(14-20)30-23-13-39-46(31(23)38-17-37-30)27-8-7-19(34)11-24(27)35/h4-11,13,17,20-21,28H,12,14-16H2,1-3H3,(H,36,41,42)/t20-,21?,28-/m0/s1. The number of nitrogens with one attached hydrogen (secondary N) is 1. The van der Waals surface area contributed by atoms with Crippen LogP contribution in [0.3, 0.4) is 0 Å². The molecule has 8 rings (SSSR count). The van der Waals surface area contributed by atoms with Gasteiger partial charge in [0.15, 0.2) is 11.5 Å². The van der Waals surface area contributed by atoms with E-state index in [2.05, 4.69) is 29.9 Å². The minimum atomic E-state index is -0.780. The molecule has 3 atom stereocenters. The Bertz CT molecular complexity index is 2200. The molecule has 4 aromatic heterocycles. The number of carbonyl (C=O) groups excluding carboxylic acids is 1. The third-order valence-corrected chi connectivity index (χ3v) is 9.14. The van der Waals surface area contributed by atoms with E-state index in [4.69, 9.17) is 14.7 Å². The molecule has 13 nitrogen and oxygen atoms in total. The summed E-state index contributed by atoms with van der Waals surface area (Å²) >= 11 is 0. The van der Waals surface area contributed by atoms with Crippen LogP contribution < -0.4 is 10.2 Å². The molecule has 4 bridgehead atoms. The highest BCUT2D eigenvalue weighted by Gasteiger charge is 2.41. The van der Waals surface area contributed by atoms with Gasteiger partial charge >= 0.3 is 0 Å². The number of amides is 1. The van der Waals surface area contributed by atoms with Gasteiger partial charge in [0.25, 0.3) is 0 Å². The third kappa shape index (κ3) is 4.97. The maximum Gasteiger partial charge on any atom is 0.245 e. The van der Waals surface area contributed by atoms with E-state index in [0.717, 1.165) is 40.2 Å². The summed E-state index contributed by atoms with van der Waals surface area (Å²) in [5.74, 6) is 0.118. The maximum atomic E-state index is 14.8. The van der Waals surface area contributed by atoms with Crippen molar-refractivity contribution in [2.45, 2.75) is 38.1 Å². The number of aryl methyl sites for hydroxylation is 1. The molecule has 0 aliphatic carbocycles. The second-order valence-electron chi connectivity index (χ2n) is 12.1. The van der Waals surface area contributed by atoms with Gasteiger partial charge in [-0.1, -0.05) is 12.1 Å². The molecule has 0 radical (unpaired) electrons. The molecule has 0 spiro atoms. The Morgan fingerprint density at radius 1 is 1.02 bits per heavy atom. The van der Waals surface area contributed by atoms with Crippen molar-refractivity contribution in [3.05, 3.63) is 78.6 Å². The minimum Gasteiger partial charge on any atom is -0.378 e. The van der Waals surface area contributed by atoms with Crippen LogP contribution in [0.5, 0.6) is 0 Å². The smallest absolute Gasteiger partial charge is 0.245 e. The van der Waals surface area contributed by atoms with Gasteiger partial charge in [-0.2, -0.15) is 5.10 Å². The molecule has 1 N–H and O–H groups in total. The van der Waals surface area contributed by atoms with E-state index >= 15 is 0 Å². The van der Waals surface area contributed by atoms with E-state index in [-0.39, 0.29) is 23.7 Å². The summed E-state index contributed by atoms with van der Waals surface area (Å²) in [5, 5.41) is 8.35. The van der Waals surface area contributed by atoms with Crippen molar-refractivity contribution >= 4 is 39.7 Å². The fraction of sp³-hybridized carbons (Fsp3) is 0.303. The Labute approximate surface area is 273 Å². The molecule has 0 saturated carbocycles. The number of hydrogen-bond donors (Lipinski definition) is 1. The Hall–Kier alpha value is -5.57. The fourth-order valence-corrected chi connectivity index (χ4v) is 6.85. The van der Waals surface area contributed by atoms with Gasteiger partial charge in [-0.25, -0.2) is 38.4 Å². The lowest BCUT2D eigenvalue weighted by atomic mass is 10.1. The van der Waals surface area contributed by atoms with Gasteiger partial charge < -0.3 is 24.4 Å². The summed E-state index contributed by atoms with van der Waals surface area (Å²) in [5.41, 5.74) is 3.79. The molecule has 6 heterocycles. The first-order chi connectivity index (χ1) is 23.3. The number of para-hydroxylation sites is 1. The van der Waals surface area contributed by atoms with Crippen LogP contribution >= 0.6 is 0 Å². The lowest BCUT2D eigenvalue weighted by molar-refractivity contribution is -0.132. The van der Waals surface area contributed by atoms with Crippen LogP contribution in [0.2, 0.25) is 0 Å². The minimum absolute atomic E-state index is 0.0421. The van der Waals surface area contributed by atoms with E-state index in [1.165, 1.54) is 23.3 Å². The predicted molar refractivity (Wildman–Crippen MR) is 174 cm³/mol. The average molecular weight is 652 g/mol. The summed E-state index contributed by atoms with van der Waals surface area (Å²) in [6.07, 6.45) is 4.69. The number of hydrogen-bond acceptors (Lipinski definition) is 10. The largest absolute Gasteiger partial charge is 0.378 e. The Kier molecular flexibility index (Phi) is 7.20. The first kappa shape index (κ1) is 29.8. The number of aromatic nitrogens is 8. The normalized spacial score (nSPS) is 19.9. The summed E-state index contributed by atoms with van der Waals surface area (Å²) in [7, 11) is 3.41. The number of benzene rings is 2. The lowest BCUT2D eigenvalue weighted by Gasteiger charge is -2.30. The molecule has 48 heavy (non-hydrogen) atoms. The van der Waals surface area contributed by atoms with Crippen molar-refractivity contribution in [2.24, 2.45) is 0 Å². The highest BCUT2D eigenvalue weighted by molar-refractivity contribution is 5.93. The van der Waals surface area contributed by atoms with Gasteiger partial charge in [0.1, 0.15) is 35.5 Å². The number of imidazole rings is 1. The zero-order valence-electron chi connectivity index (χ0n) is 26.4. The van der Waals surface area contributed by atoms with Crippen LogP contribution in [0.25, 0.3) is 39.0 Å². The van der Waals surface area contributed by atoms with Gasteiger partial charge in [0, 0.05) is 51.1 Å². The summed E-state index contributed by atoms with van der Waals surface area (Å²) in [6, 6.07) is 10.2. The second kappa shape index (κ2) is 11.6. The second-order valence-corrected chi connectivity index (χ2v) is 12.1. The first-order valence-electron chi connectivity index (χ1n) is 15.5. The number of carbonyl (C=O) groups is 1. The fourth-order valence-electron chi connectivity index (χ4n) is 6.85. The number of likely N-dealkylation sites (N-methyl/N-ethyl adjacent to an activating group) is 1. The molecule has 2 aliphatic rings. The Balaban J connectivity index is 1.22. The van der Waals surface area contributed by atoms with Crippen LogP contribution in [0, 0.1) is 18.6 Å². The van der Waals surface area contributed by atoms with Crippen molar-refractivity contribution in [2.75, 3.05) is 37.5 Å². The van der Waals surface area contributed by atoms with Crippen LogP contribution in [0.4, 0.5) is 20.5 Å². The van der Waals surface area contributed by atoms with Gasteiger partial charge in [-0.05, 0) is 37.6 Å². The van der Waals surface area contributed by atoms with Crippen molar-refractivity contribution in [1.82, 2.24) is 44.2 Å². The van der Waals surface area contributed by atoms with Gasteiger partial charge in [-0.15, -0.1) is 0 Å². The van der Waals surface area contributed by atoms with Crippen molar-refractivity contribution in [3.63, 3.8) is 0 Å². The van der Waals surface area contributed by atoms with Crippen molar-refractivity contribution < 1.29 is 18.3 Å². The zero-order valence-corrected chi connectivity index (χ0v) is 26.4. The van der Waals surface area contributed by atoms with E-state index < -0.39 is 17.7 Å². The molecule has 2 aliphatic heterocycles. The van der Waals surface area contributed by atoms with Crippen LogP contribution in [0.1, 0.15) is 12.2 Å². The van der Waals surface area contributed by atoms with E-state index in [1.807, 2.05) is 36.1 Å². The summed E-state index contributed by atoms with van der Waals surface area (Å²) < 4.78 is 37.8. The average Bonchev–Trinajstić information content (AvgIpc) is 3.79. The number of ether oxygens (including phenoxy) is 1. The Morgan fingerprint density at radius 2 is 1.90 bits per heavy atom. The summed E-state index contributed by atoms with van der Waals surface area (Å²) in [4.78, 5) is 41.1. The number of rotatable bonds is 3. The number of halogens is 2. The zero-order chi connectivity index (χ0) is 33.1. The quantitative estimate of drug-likeness (QED) is 0.302. The molecular weight excluding hydrogens is 620 g/mol. The lowest BCUT2D eigenvalue weighted by Crippen LogP contribution is -2.47. The Morgan fingerprint density at radius 3 is 2.73 bits per heavy atom. The molecule has 1 unspecified atom stereocenters. The van der Waals surface area contributed by atoms with Crippen molar-refractivity contribution in [3.8, 4) is 16.9 Å². The number of fused-ring (bicyclic) bond motifs is 6. The van der Waals surface area contributed by atoms with Crippen LogP contribution in [0.15, 0.2) is 61.2 Å². The molecule has 2 aromatic carbocycles. The van der Waals surface area contributed by atoms with Gasteiger partial charge in [0.2, 0.25) is 11.9 Å². The topological polar surface area (TPSA) is 132 Å². The number of anilines is 2. The van der Waals surface area contributed by atoms with E-state index in [0.29, 0.717) is 48.9 Å². The highest BCUT2D eigenvalue weighted by atomic mass is 19.1. The maximum absolute atomic E-state index is 14.8. The van der Waals surface area contributed by atoms with E-state index in [9.17, 15) is 13.6 Å². The SMILES string of the molecule is COC1CN(C)C(=O)[C@@H]2C[C@@H](CN2c2ncnc3c2cnn3-c2ccc(F)cc2F)Nc2nccc(n2)-c2cccc3nc(C)n(c23)C1. The third-order valence-electron chi connectivity index (χ3n) is 9.14. The van der Waals surface area contributed by atoms with Crippen molar-refractivity contribution in [1.29, 1.82) is 0 Å². The summed E-state index contributed by atoms with van der Waals surface area (Å²) in [6.45, 7) is 3.13. The van der Waals surface area contributed by atoms with E-state index in [1.54, 1.807) is 25.3 Å². The molecule has 244 valence electrons. The molecule has 1 saturated heterocycles. The molecule has 15 heteroatoms. The predicted octanol–water partition coefficient (Wildman–Crippen LogP) is 3.76. The van der Waals surface area contributed by atoms with Gasteiger partial charge in [0.05, 0.1) is 41.0 Å². The molecule has 1 amide bonds. The number of methoxy groups -OCH3 is 1. The molecular formula is C33H31F2N11O2. The highest BCUT2D eigenvalue weighted by Crippen LogP contribution is 2.34. The molecule has 6 aromatic rings. The van der Waals surface area contributed by atoms with Crippen LogP contribution in [-0.4, -0.2) is 95.5 Å². The first-order valence-corrected chi connectivity index (χ1v) is 15.5.